The fourth-order valence-electron chi connectivity index (χ4n) is 2.71. The van der Waals surface area contributed by atoms with E-state index in [2.05, 4.69) is 10.6 Å². The highest BCUT2D eigenvalue weighted by Gasteiger charge is 2.38. The highest BCUT2D eigenvalue weighted by atomic mass is 19.1. The molecule has 1 fully saturated rings. The molecule has 2 atom stereocenters. The lowest BCUT2D eigenvalue weighted by Crippen LogP contribution is -2.48. The molecule has 2 amide bonds. The van der Waals surface area contributed by atoms with Crippen LogP contribution in [0.4, 0.5) is 9.18 Å². The molecule has 110 valence electrons. The monoisotopic (exact) mass is 280 g/mol. The van der Waals surface area contributed by atoms with E-state index in [-0.39, 0.29) is 36.5 Å². The fraction of sp³-hybridized carbons (Fsp3) is 0.533. The van der Waals surface area contributed by atoms with Crippen LogP contribution in [-0.2, 0) is 6.54 Å². The summed E-state index contributed by atoms with van der Waals surface area (Å²) in [6.07, 6.45) is 2.80. The van der Waals surface area contributed by atoms with E-state index in [9.17, 15) is 14.3 Å². The maximum absolute atomic E-state index is 13.0. The quantitative estimate of drug-likeness (QED) is 0.791. The van der Waals surface area contributed by atoms with Crippen molar-refractivity contribution in [3.63, 3.8) is 0 Å². The minimum Gasteiger partial charge on any atom is -0.396 e. The van der Waals surface area contributed by atoms with Gasteiger partial charge in [-0.2, -0.15) is 0 Å². The molecule has 0 aliphatic heterocycles. The molecule has 2 unspecified atom stereocenters. The van der Waals surface area contributed by atoms with E-state index in [0.29, 0.717) is 0 Å². The fourth-order valence-corrected chi connectivity index (χ4v) is 2.71. The Kier molecular flexibility index (Phi) is 4.60. The first-order valence-corrected chi connectivity index (χ1v) is 6.93. The van der Waals surface area contributed by atoms with Gasteiger partial charge in [-0.05, 0) is 30.5 Å². The number of nitrogens with one attached hydrogen (secondary N) is 2. The third kappa shape index (κ3) is 3.48. The van der Waals surface area contributed by atoms with E-state index in [1.807, 2.05) is 6.92 Å². The Labute approximate surface area is 118 Å². The Morgan fingerprint density at radius 1 is 1.55 bits per heavy atom. The lowest BCUT2D eigenvalue weighted by molar-refractivity contribution is 0.121. The summed E-state index contributed by atoms with van der Waals surface area (Å²) < 4.78 is 13.0. The van der Waals surface area contributed by atoms with E-state index in [1.54, 1.807) is 12.1 Å². The summed E-state index contributed by atoms with van der Waals surface area (Å²) in [5, 5.41) is 15.1. The predicted molar refractivity (Wildman–Crippen MR) is 74.6 cm³/mol. The molecule has 1 saturated carbocycles. The van der Waals surface area contributed by atoms with Gasteiger partial charge in [0.1, 0.15) is 5.82 Å². The van der Waals surface area contributed by atoms with Crippen LogP contribution in [-0.4, -0.2) is 23.8 Å². The molecule has 4 nitrogen and oxygen atoms in total. The van der Waals surface area contributed by atoms with E-state index in [4.69, 9.17) is 0 Å². The van der Waals surface area contributed by atoms with Gasteiger partial charge in [0.25, 0.3) is 0 Å². The van der Waals surface area contributed by atoms with Crippen LogP contribution in [0.1, 0.15) is 31.7 Å². The summed E-state index contributed by atoms with van der Waals surface area (Å²) >= 11 is 0. The average Bonchev–Trinajstić information content (AvgIpc) is 2.79. The topological polar surface area (TPSA) is 61.4 Å². The standard InChI is InChI=1S/C15H21FN2O2/c1-15(10-19)7-3-6-13(15)18-14(20)17-9-11-4-2-5-12(16)8-11/h2,4-5,8,13,19H,3,6-7,9-10H2,1H3,(H2,17,18,20). The molecule has 0 saturated heterocycles. The van der Waals surface area contributed by atoms with Crippen LogP contribution in [0, 0.1) is 11.2 Å². The first-order valence-electron chi connectivity index (χ1n) is 6.93. The van der Waals surface area contributed by atoms with E-state index >= 15 is 0 Å². The first kappa shape index (κ1) is 14.8. The van der Waals surface area contributed by atoms with Gasteiger partial charge in [0.05, 0.1) is 6.61 Å². The number of urea groups is 1. The zero-order valence-electron chi connectivity index (χ0n) is 11.7. The minimum atomic E-state index is -0.312. The normalized spacial score (nSPS) is 25.4. The van der Waals surface area contributed by atoms with Crippen molar-refractivity contribution in [2.45, 2.75) is 38.8 Å². The van der Waals surface area contributed by atoms with Crippen molar-refractivity contribution in [1.82, 2.24) is 10.6 Å². The highest BCUT2D eigenvalue weighted by molar-refractivity contribution is 5.74. The number of aliphatic hydroxyl groups excluding tert-OH is 1. The molecule has 1 aromatic carbocycles. The number of rotatable bonds is 4. The second-order valence-electron chi connectivity index (χ2n) is 5.71. The van der Waals surface area contributed by atoms with E-state index in [1.165, 1.54) is 12.1 Å². The Balaban J connectivity index is 1.84. The molecule has 0 bridgehead atoms. The largest absolute Gasteiger partial charge is 0.396 e. The van der Waals surface area contributed by atoms with Gasteiger partial charge in [-0.1, -0.05) is 25.5 Å². The predicted octanol–water partition coefficient (Wildman–Crippen LogP) is 2.18. The molecule has 0 radical (unpaired) electrons. The lowest BCUT2D eigenvalue weighted by Gasteiger charge is -2.30. The smallest absolute Gasteiger partial charge is 0.315 e. The summed E-state index contributed by atoms with van der Waals surface area (Å²) in [5.41, 5.74) is 0.479. The van der Waals surface area contributed by atoms with Crippen LogP contribution in [0.2, 0.25) is 0 Å². The molecule has 2 rings (SSSR count). The minimum absolute atomic E-state index is 0.0139. The Morgan fingerprint density at radius 3 is 3.05 bits per heavy atom. The molecule has 5 heteroatoms. The Hall–Kier alpha value is -1.62. The number of hydrogen-bond donors (Lipinski definition) is 3. The second-order valence-corrected chi connectivity index (χ2v) is 5.71. The summed E-state index contributed by atoms with van der Waals surface area (Å²) in [4.78, 5) is 11.9. The van der Waals surface area contributed by atoms with Crippen molar-refractivity contribution >= 4 is 6.03 Å². The summed E-state index contributed by atoms with van der Waals surface area (Å²) in [6, 6.07) is 5.85. The van der Waals surface area contributed by atoms with Crippen LogP contribution >= 0.6 is 0 Å². The molecular weight excluding hydrogens is 259 g/mol. The van der Waals surface area contributed by atoms with Gasteiger partial charge in [0, 0.05) is 18.0 Å². The van der Waals surface area contributed by atoms with Crippen molar-refractivity contribution < 1.29 is 14.3 Å². The van der Waals surface area contributed by atoms with Crippen molar-refractivity contribution in [2.75, 3.05) is 6.61 Å². The molecule has 1 aliphatic rings. The Bertz CT molecular complexity index is 481. The van der Waals surface area contributed by atoms with Crippen LogP contribution < -0.4 is 10.6 Å². The Morgan fingerprint density at radius 2 is 2.35 bits per heavy atom. The molecular formula is C15H21FN2O2. The number of hydrogen-bond acceptors (Lipinski definition) is 2. The van der Waals surface area contributed by atoms with Crippen molar-refractivity contribution in [3.05, 3.63) is 35.6 Å². The number of halogens is 1. The molecule has 3 N–H and O–H groups in total. The van der Waals surface area contributed by atoms with Gasteiger partial charge < -0.3 is 15.7 Å². The van der Waals surface area contributed by atoms with Crippen LogP contribution in [0.5, 0.6) is 0 Å². The van der Waals surface area contributed by atoms with E-state index in [0.717, 1.165) is 24.8 Å². The SMILES string of the molecule is CC1(CO)CCCC1NC(=O)NCc1cccc(F)c1. The van der Waals surface area contributed by atoms with Gasteiger partial charge in [0.15, 0.2) is 0 Å². The van der Waals surface area contributed by atoms with Crippen LogP contribution in [0.3, 0.4) is 0 Å². The van der Waals surface area contributed by atoms with Crippen LogP contribution in [0.25, 0.3) is 0 Å². The third-order valence-corrected chi connectivity index (χ3v) is 4.09. The van der Waals surface area contributed by atoms with Gasteiger partial charge in [-0.3, -0.25) is 0 Å². The zero-order valence-corrected chi connectivity index (χ0v) is 11.7. The summed E-state index contributed by atoms with van der Waals surface area (Å²) in [6.45, 7) is 2.34. The summed E-state index contributed by atoms with van der Waals surface area (Å²) in [7, 11) is 0. The van der Waals surface area contributed by atoms with Gasteiger partial charge >= 0.3 is 6.03 Å². The second kappa shape index (κ2) is 6.22. The highest BCUT2D eigenvalue weighted by Crippen LogP contribution is 2.37. The van der Waals surface area contributed by atoms with Crippen LogP contribution in [0.15, 0.2) is 24.3 Å². The maximum Gasteiger partial charge on any atom is 0.315 e. The maximum atomic E-state index is 13.0. The lowest BCUT2D eigenvalue weighted by atomic mass is 9.86. The summed E-state index contributed by atoms with van der Waals surface area (Å²) in [5.74, 6) is -0.312. The molecule has 0 aromatic heterocycles. The third-order valence-electron chi connectivity index (χ3n) is 4.09. The molecule has 20 heavy (non-hydrogen) atoms. The number of amides is 2. The molecule has 0 heterocycles. The first-order chi connectivity index (χ1) is 9.53. The number of carbonyl (C=O) groups excluding carboxylic acids is 1. The molecule has 1 aromatic rings. The molecule has 0 spiro atoms. The van der Waals surface area contributed by atoms with E-state index < -0.39 is 0 Å². The van der Waals surface area contributed by atoms with Gasteiger partial charge in [-0.25, -0.2) is 9.18 Å². The van der Waals surface area contributed by atoms with Crippen molar-refractivity contribution in [2.24, 2.45) is 5.41 Å². The molecule has 1 aliphatic carbocycles. The number of aliphatic hydroxyl groups is 1. The zero-order chi connectivity index (χ0) is 14.6. The van der Waals surface area contributed by atoms with Gasteiger partial charge in [0.2, 0.25) is 0 Å². The van der Waals surface area contributed by atoms with Gasteiger partial charge in [-0.15, -0.1) is 0 Å². The average molecular weight is 280 g/mol. The number of benzene rings is 1. The number of carbonyl (C=O) groups is 1. The van der Waals surface area contributed by atoms with Crippen molar-refractivity contribution in [3.8, 4) is 0 Å². The van der Waals surface area contributed by atoms with Crippen molar-refractivity contribution in [1.29, 1.82) is 0 Å².